The van der Waals surface area contributed by atoms with Gasteiger partial charge in [0.1, 0.15) is 6.61 Å². The summed E-state index contributed by atoms with van der Waals surface area (Å²) in [6, 6.07) is 0. The van der Waals surface area contributed by atoms with Crippen LogP contribution >= 0.6 is 0 Å². The zero-order chi connectivity index (χ0) is 14.5. The predicted molar refractivity (Wildman–Crippen MR) is 75.9 cm³/mol. The number of amides is 2. The lowest BCUT2D eigenvalue weighted by Gasteiger charge is -2.32. The first kappa shape index (κ1) is 15.3. The second kappa shape index (κ2) is 7.07. The summed E-state index contributed by atoms with van der Waals surface area (Å²) in [4.78, 5) is 25.0. The Morgan fingerprint density at radius 3 is 2.40 bits per heavy atom. The molecule has 1 heterocycles. The maximum absolute atomic E-state index is 12.1. The van der Waals surface area contributed by atoms with Gasteiger partial charge in [0.15, 0.2) is 0 Å². The smallest absolute Gasteiger partial charge is 0.248 e. The topological polar surface area (TPSA) is 72.6 Å². The first-order valence-corrected chi connectivity index (χ1v) is 7.76. The number of piperidine rings is 1. The molecular weight excluding hydrogens is 256 g/mol. The summed E-state index contributed by atoms with van der Waals surface area (Å²) in [5.41, 5.74) is 5.29. The highest BCUT2D eigenvalue weighted by atomic mass is 16.5. The van der Waals surface area contributed by atoms with Crippen LogP contribution in [0, 0.1) is 11.8 Å². The van der Waals surface area contributed by atoms with E-state index in [1.807, 2.05) is 0 Å². The van der Waals surface area contributed by atoms with Gasteiger partial charge in [0.25, 0.3) is 0 Å². The van der Waals surface area contributed by atoms with Crippen molar-refractivity contribution >= 4 is 11.8 Å². The molecule has 1 aliphatic heterocycles. The van der Waals surface area contributed by atoms with Crippen LogP contribution in [0.4, 0.5) is 0 Å². The molecule has 0 aromatic carbocycles. The molecule has 2 fully saturated rings. The van der Waals surface area contributed by atoms with Gasteiger partial charge in [0.05, 0.1) is 6.10 Å². The zero-order valence-electron chi connectivity index (χ0n) is 12.3. The molecule has 2 amide bonds. The van der Waals surface area contributed by atoms with Gasteiger partial charge in [-0.15, -0.1) is 0 Å². The van der Waals surface area contributed by atoms with E-state index in [0.29, 0.717) is 31.8 Å². The van der Waals surface area contributed by atoms with E-state index in [-0.39, 0.29) is 30.4 Å². The van der Waals surface area contributed by atoms with Gasteiger partial charge in [0.2, 0.25) is 11.8 Å². The number of carbonyl (C=O) groups is 2. The van der Waals surface area contributed by atoms with Crippen LogP contribution in [0.3, 0.4) is 0 Å². The summed E-state index contributed by atoms with van der Waals surface area (Å²) in [5, 5.41) is 0. The summed E-state index contributed by atoms with van der Waals surface area (Å²) in [6.07, 6.45) is 6.34. The van der Waals surface area contributed by atoms with Crippen LogP contribution in [0.5, 0.6) is 0 Å². The number of hydrogen-bond donors (Lipinski definition) is 1. The van der Waals surface area contributed by atoms with E-state index >= 15 is 0 Å². The van der Waals surface area contributed by atoms with Crippen molar-refractivity contribution in [1.29, 1.82) is 0 Å². The lowest BCUT2D eigenvalue weighted by molar-refractivity contribution is -0.142. The fourth-order valence-electron chi connectivity index (χ4n) is 3.21. The molecule has 2 unspecified atom stereocenters. The summed E-state index contributed by atoms with van der Waals surface area (Å²) in [6.45, 7) is 3.62. The molecule has 2 rings (SSSR count). The van der Waals surface area contributed by atoms with Crippen LogP contribution in [0.25, 0.3) is 0 Å². The van der Waals surface area contributed by atoms with Gasteiger partial charge in [-0.05, 0) is 31.6 Å². The Labute approximate surface area is 120 Å². The van der Waals surface area contributed by atoms with Gasteiger partial charge < -0.3 is 15.4 Å². The largest absolute Gasteiger partial charge is 0.369 e. The highest BCUT2D eigenvalue weighted by Gasteiger charge is 2.27. The molecular formula is C15H26N2O3. The van der Waals surface area contributed by atoms with E-state index in [2.05, 4.69) is 6.92 Å². The van der Waals surface area contributed by atoms with Crippen LogP contribution in [-0.2, 0) is 14.3 Å². The normalized spacial score (nSPS) is 28.4. The van der Waals surface area contributed by atoms with Crippen LogP contribution in [0.1, 0.15) is 45.4 Å². The van der Waals surface area contributed by atoms with Crippen LogP contribution in [0.2, 0.25) is 0 Å². The molecule has 2 atom stereocenters. The van der Waals surface area contributed by atoms with Crippen molar-refractivity contribution in [1.82, 2.24) is 4.90 Å². The second-order valence-corrected chi connectivity index (χ2v) is 6.17. The number of likely N-dealkylation sites (tertiary alicyclic amines) is 1. The van der Waals surface area contributed by atoms with Gasteiger partial charge in [-0.3, -0.25) is 9.59 Å². The molecule has 114 valence electrons. The highest BCUT2D eigenvalue weighted by Crippen LogP contribution is 2.26. The van der Waals surface area contributed by atoms with Crippen LogP contribution in [-0.4, -0.2) is 42.5 Å². The third-order valence-corrected chi connectivity index (χ3v) is 4.70. The number of primary amides is 1. The van der Waals surface area contributed by atoms with E-state index in [0.717, 1.165) is 6.42 Å². The van der Waals surface area contributed by atoms with Gasteiger partial charge in [-0.25, -0.2) is 0 Å². The number of nitrogens with two attached hydrogens (primary N) is 1. The van der Waals surface area contributed by atoms with Gasteiger partial charge in [-0.1, -0.05) is 19.8 Å². The standard InChI is InChI=1S/C15H26N2O3/c1-11-4-2-3-5-13(11)20-10-14(18)17-8-6-12(7-9-17)15(16)19/h11-13H,2-10H2,1H3,(H2,16,19). The average Bonchev–Trinajstić information content (AvgIpc) is 2.46. The van der Waals surface area contributed by atoms with E-state index in [9.17, 15) is 9.59 Å². The SMILES string of the molecule is CC1CCCCC1OCC(=O)N1CCC(C(N)=O)CC1. The Morgan fingerprint density at radius 1 is 1.15 bits per heavy atom. The molecule has 1 saturated heterocycles. The number of carbonyl (C=O) groups excluding carboxylic acids is 2. The van der Waals surface area contributed by atoms with Crippen molar-refractivity contribution in [3.8, 4) is 0 Å². The lowest BCUT2D eigenvalue weighted by atomic mass is 9.88. The Bertz CT molecular complexity index is 351. The van der Waals surface area contributed by atoms with Gasteiger partial charge in [-0.2, -0.15) is 0 Å². The first-order chi connectivity index (χ1) is 9.58. The van der Waals surface area contributed by atoms with Crippen molar-refractivity contribution in [2.24, 2.45) is 17.6 Å². The Hall–Kier alpha value is -1.10. The van der Waals surface area contributed by atoms with Crippen molar-refractivity contribution < 1.29 is 14.3 Å². The van der Waals surface area contributed by atoms with E-state index in [1.165, 1.54) is 19.3 Å². The summed E-state index contributed by atoms with van der Waals surface area (Å²) in [7, 11) is 0. The monoisotopic (exact) mass is 282 g/mol. The summed E-state index contributed by atoms with van der Waals surface area (Å²) < 4.78 is 5.80. The van der Waals surface area contributed by atoms with Crippen molar-refractivity contribution in [3.05, 3.63) is 0 Å². The lowest BCUT2D eigenvalue weighted by Crippen LogP contribution is -2.43. The molecule has 0 radical (unpaired) electrons. The molecule has 1 saturated carbocycles. The second-order valence-electron chi connectivity index (χ2n) is 6.17. The number of ether oxygens (including phenoxy) is 1. The molecule has 5 nitrogen and oxygen atoms in total. The fourth-order valence-corrected chi connectivity index (χ4v) is 3.21. The summed E-state index contributed by atoms with van der Waals surface area (Å²) in [5.74, 6) is 0.283. The van der Waals surface area contributed by atoms with Crippen molar-refractivity contribution in [3.63, 3.8) is 0 Å². The fraction of sp³-hybridized carbons (Fsp3) is 0.867. The van der Waals surface area contributed by atoms with Crippen molar-refractivity contribution in [2.75, 3.05) is 19.7 Å². The molecule has 0 aromatic rings. The number of rotatable bonds is 4. The third-order valence-electron chi connectivity index (χ3n) is 4.70. The molecule has 20 heavy (non-hydrogen) atoms. The van der Waals surface area contributed by atoms with Gasteiger partial charge >= 0.3 is 0 Å². The average molecular weight is 282 g/mol. The van der Waals surface area contributed by atoms with E-state index < -0.39 is 0 Å². The molecule has 1 aliphatic carbocycles. The first-order valence-electron chi connectivity index (χ1n) is 7.76. The van der Waals surface area contributed by atoms with Crippen LogP contribution < -0.4 is 5.73 Å². The minimum atomic E-state index is -0.246. The molecule has 5 heteroatoms. The zero-order valence-corrected chi connectivity index (χ0v) is 12.3. The molecule has 2 aliphatic rings. The van der Waals surface area contributed by atoms with E-state index in [1.54, 1.807) is 4.90 Å². The van der Waals surface area contributed by atoms with Crippen molar-refractivity contribution in [2.45, 2.75) is 51.6 Å². The number of nitrogens with zero attached hydrogens (tertiary/aromatic N) is 1. The quantitative estimate of drug-likeness (QED) is 0.845. The van der Waals surface area contributed by atoms with Gasteiger partial charge in [0, 0.05) is 19.0 Å². The maximum Gasteiger partial charge on any atom is 0.248 e. The predicted octanol–water partition coefficient (Wildman–Crippen LogP) is 1.31. The van der Waals surface area contributed by atoms with Crippen LogP contribution in [0.15, 0.2) is 0 Å². The molecule has 0 aromatic heterocycles. The molecule has 2 N–H and O–H groups in total. The Kier molecular flexibility index (Phi) is 5.40. The Morgan fingerprint density at radius 2 is 1.80 bits per heavy atom. The third kappa shape index (κ3) is 3.95. The minimum Gasteiger partial charge on any atom is -0.369 e. The van der Waals surface area contributed by atoms with E-state index in [4.69, 9.17) is 10.5 Å². The molecule has 0 bridgehead atoms. The molecule has 0 spiro atoms. The maximum atomic E-state index is 12.1. The minimum absolute atomic E-state index is 0.0469. The number of hydrogen-bond acceptors (Lipinski definition) is 3. The summed E-state index contributed by atoms with van der Waals surface area (Å²) >= 11 is 0. The Balaban J connectivity index is 1.71. The highest BCUT2D eigenvalue weighted by molar-refractivity contribution is 5.79.